The van der Waals surface area contributed by atoms with Crippen LogP contribution < -0.4 is 22.8 Å². The molecule has 0 aliphatic heterocycles. The normalized spacial score (nSPS) is 10.5. The van der Waals surface area contributed by atoms with Gasteiger partial charge in [0.15, 0.2) is 30.0 Å². The number of nitrogens with zero attached hydrogens (tertiary/aromatic N) is 5. The highest BCUT2D eigenvalue weighted by atomic mass is 15.0. The number of hydrogen-bond acceptors (Lipinski definition) is 0. The standard InChI is InChI=1S/5C15H18N/c1-11-5-6-14(13(3)9-11)15-10-12(2)7-8-16(15)4;2*1-11-8-9-16(4)15(10-11)14-7-5-6-12(2)13(14)3;2*1-11-7-5-6-8-14(11)15-12(2)9-10-13(3)16(15)4/h5*5-10H,1-4H3/q5*+1. The Hall–Kier alpha value is -8.15. The summed E-state index contributed by atoms with van der Waals surface area (Å²) >= 11 is 0. The van der Waals surface area contributed by atoms with Gasteiger partial charge < -0.3 is 0 Å². The van der Waals surface area contributed by atoms with E-state index >= 15 is 0 Å². The number of benzene rings is 5. The van der Waals surface area contributed by atoms with Crippen molar-refractivity contribution in [3.05, 3.63) is 266 Å². The van der Waals surface area contributed by atoms with E-state index in [4.69, 9.17) is 0 Å². The second-order valence-electron chi connectivity index (χ2n) is 22.2. The van der Waals surface area contributed by atoms with Crippen molar-refractivity contribution in [3.63, 3.8) is 0 Å². The van der Waals surface area contributed by atoms with Gasteiger partial charge in [-0.1, -0.05) is 78.4 Å². The van der Waals surface area contributed by atoms with Crippen LogP contribution in [0, 0.1) is 104 Å². The molecule has 0 N–H and O–H groups in total. The van der Waals surface area contributed by atoms with Gasteiger partial charge in [0.2, 0.25) is 28.5 Å². The summed E-state index contributed by atoms with van der Waals surface area (Å²) in [7, 11) is 10.5. The lowest BCUT2D eigenvalue weighted by Gasteiger charge is -2.08. The first-order valence-electron chi connectivity index (χ1n) is 28.1. The van der Waals surface area contributed by atoms with Gasteiger partial charge >= 0.3 is 0 Å². The van der Waals surface area contributed by atoms with Crippen LogP contribution in [0.2, 0.25) is 0 Å². The molecule has 0 fully saturated rings. The molecule has 0 aliphatic rings. The Morgan fingerprint density at radius 3 is 0.925 bits per heavy atom. The van der Waals surface area contributed by atoms with Crippen molar-refractivity contribution in [1.29, 1.82) is 0 Å². The van der Waals surface area contributed by atoms with Crippen molar-refractivity contribution < 1.29 is 22.8 Å². The van der Waals surface area contributed by atoms with Crippen molar-refractivity contribution in [3.8, 4) is 56.3 Å². The van der Waals surface area contributed by atoms with E-state index in [0.29, 0.717) is 0 Å². The minimum Gasteiger partial charge on any atom is -0.201 e. The summed E-state index contributed by atoms with van der Waals surface area (Å²) in [6, 6.07) is 58.5. The lowest BCUT2D eigenvalue weighted by molar-refractivity contribution is -0.667. The Bertz CT molecular complexity index is 3590. The molecule has 0 saturated carbocycles. The van der Waals surface area contributed by atoms with Gasteiger partial charge in [0.05, 0.1) is 0 Å². The Kier molecular flexibility index (Phi) is 21.1. The highest BCUT2D eigenvalue weighted by molar-refractivity contribution is 5.67. The zero-order valence-electron chi connectivity index (χ0n) is 52.1. The maximum atomic E-state index is 2.26. The fourth-order valence-corrected chi connectivity index (χ4v) is 10.2. The van der Waals surface area contributed by atoms with Gasteiger partial charge in [-0.05, 0) is 188 Å². The number of aryl methyl sites for hydroxylation is 16. The fourth-order valence-electron chi connectivity index (χ4n) is 10.2. The summed E-state index contributed by atoms with van der Waals surface area (Å²) in [4.78, 5) is 0. The molecular weight excluding hydrogens is 971 g/mol. The molecule has 10 aromatic rings. The largest absolute Gasteiger partial charge is 0.215 e. The molecule has 0 atom stereocenters. The van der Waals surface area contributed by atoms with E-state index in [0.717, 1.165) is 0 Å². The van der Waals surface area contributed by atoms with Crippen molar-refractivity contribution >= 4 is 0 Å². The van der Waals surface area contributed by atoms with Crippen molar-refractivity contribution in [2.24, 2.45) is 35.2 Å². The molecule has 0 spiro atoms. The third-order valence-electron chi connectivity index (χ3n) is 15.8. The van der Waals surface area contributed by atoms with Crippen molar-refractivity contribution in [2.45, 2.75) is 104 Å². The summed E-state index contributed by atoms with van der Waals surface area (Å²) in [5, 5.41) is 0. The highest BCUT2D eigenvalue weighted by Gasteiger charge is 2.19. The molecule has 5 heteroatoms. The zero-order chi connectivity index (χ0) is 58.5. The molecule has 5 heterocycles. The zero-order valence-corrected chi connectivity index (χ0v) is 52.1. The molecule has 10 rings (SSSR count). The van der Waals surface area contributed by atoms with Crippen LogP contribution in [-0.4, -0.2) is 0 Å². The summed E-state index contributed by atoms with van der Waals surface area (Å²) in [5.41, 5.74) is 32.9. The van der Waals surface area contributed by atoms with Crippen LogP contribution >= 0.6 is 0 Å². The van der Waals surface area contributed by atoms with Gasteiger partial charge in [-0.15, -0.1) is 0 Å². The quantitative estimate of drug-likeness (QED) is 0.153. The topological polar surface area (TPSA) is 19.4 Å². The molecule has 410 valence electrons. The van der Waals surface area contributed by atoms with Gasteiger partial charge in [0.1, 0.15) is 35.2 Å². The van der Waals surface area contributed by atoms with Gasteiger partial charge in [-0.3, -0.25) is 0 Å². The molecule has 0 saturated heterocycles. The van der Waals surface area contributed by atoms with Gasteiger partial charge in [0, 0.05) is 101 Å². The number of pyridine rings is 5. The lowest BCUT2D eigenvalue weighted by atomic mass is 9.99. The Balaban J connectivity index is 0.000000161. The average Bonchev–Trinajstić information content (AvgIpc) is 3.42. The van der Waals surface area contributed by atoms with E-state index in [2.05, 4.69) is 344 Å². The Labute approximate surface area is 481 Å². The monoisotopic (exact) mass is 1060 g/mol. The molecule has 0 radical (unpaired) electrons. The molecule has 0 unspecified atom stereocenters. The predicted octanol–water partition coefficient (Wildman–Crippen LogP) is 15.5. The average molecular weight is 1060 g/mol. The maximum Gasteiger partial charge on any atom is 0.215 e. The molecule has 0 amide bonds. The summed E-state index contributed by atoms with van der Waals surface area (Å²) in [6.07, 6.45) is 6.35. The number of hydrogen-bond donors (Lipinski definition) is 0. The SMILES string of the molecule is Cc1cc[n+](C)c(-c2cccc(C)c2C)c1.Cc1cc[n+](C)c(-c2cccc(C)c2C)c1.Cc1ccc(-c2cc(C)cc[n+]2C)c(C)c1.Cc1ccccc1-c1c(C)ccc(C)[n+]1C.Cc1ccccc1-c1c(C)ccc(C)[n+]1C. The van der Waals surface area contributed by atoms with E-state index in [1.54, 1.807) is 0 Å². The predicted molar refractivity (Wildman–Crippen MR) is 336 cm³/mol. The maximum absolute atomic E-state index is 2.26. The third kappa shape index (κ3) is 15.1. The minimum absolute atomic E-state index is 1.28. The van der Waals surface area contributed by atoms with Crippen LogP contribution in [0.25, 0.3) is 56.3 Å². The van der Waals surface area contributed by atoms with E-state index < -0.39 is 0 Å². The van der Waals surface area contributed by atoms with E-state index in [1.165, 1.54) is 140 Å². The Morgan fingerprint density at radius 2 is 0.562 bits per heavy atom. The summed E-state index contributed by atoms with van der Waals surface area (Å²) in [6.45, 7) is 32.3. The first-order chi connectivity index (χ1) is 38.0. The molecule has 0 bridgehead atoms. The van der Waals surface area contributed by atoms with E-state index in [1.807, 2.05) is 0 Å². The number of aromatic nitrogens is 5. The number of rotatable bonds is 5. The van der Waals surface area contributed by atoms with Crippen LogP contribution in [0.3, 0.4) is 0 Å². The fraction of sp³-hybridized carbons (Fsp3) is 0.267. The van der Waals surface area contributed by atoms with Crippen molar-refractivity contribution in [1.82, 2.24) is 0 Å². The molecule has 5 aromatic carbocycles. The molecule has 0 aliphatic carbocycles. The van der Waals surface area contributed by atoms with Gasteiger partial charge in [0.25, 0.3) is 0 Å². The van der Waals surface area contributed by atoms with Crippen LogP contribution in [0.15, 0.2) is 182 Å². The van der Waals surface area contributed by atoms with E-state index in [-0.39, 0.29) is 0 Å². The highest BCUT2D eigenvalue weighted by Crippen LogP contribution is 2.27. The minimum atomic E-state index is 1.28. The van der Waals surface area contributed by atoms with Crippen LogP contribution in [0.5, 0.6) is 0 Å². The van der Waals surface area contributed by atoms with Crippen LogP contribution in [0.4, 0.5) is 0 Å². The van der Waals surface area contributed by atoms with Gasteiger partial charge in [-0.25, -0.2) is 13.7 Å². The van der Waals surface area contributed by atoms with Crippen LogP contribution in [0.1, 0.15) is 83.7 Å². The molecule has 5 aromatic heterocycles. The summed E-state index contributed by atoms with van der Waals surface area (Å²) < 4.78 is 11.0. The molecular formula is C75H90N5+5. The Morgan fingerprint density at radius 1 is 0.237 bits per heavy atom. The second kappa shape index (κ2) is 27.6. The molecule has 80 heavy (non-hydrogen) atoms. The second-order valence-corrected chi connectivity index (χ2v) is 22.2. The smallest absolute Gasteiger partial charge is 0.201 e. The molecule has 5 nitrogen and oxygen atoms in total. The van der Waals surface area contributed by atoms with Gasteiger partial charge in [-0.2, -0.15) is 9.13 Å². The van der Waals surface area contributed by atoms with E-state index in [9.17, 15) is 0 Å². The van der Waals surface area contributed by atoms with Crippen LogP contribution in [-0.2, 0) is 35.2 Å². The van der Waals surface area contributed by atoms with Crippen molar-refractivity contribution in [2.75, 3.05) is 0 Å². The first kappa shape index (κ1) is 61.1. The lowest BCUT2D eigenvalue weighted by Crippen LogP contribution is -2.35. The first-order valence-corrected chi connectivity index (χ1v) is 28.1. The third-order valence-corrected chi connectivity index (χ3v) is 15.8. The summed E-state index contributed by atoms with van der Waals surface area (Å²) in [5.74, 6) is 0.